The van der Waals surface area contributed by atoms with Crippen molar-refractivity contribution in [3.63, 3.8) is 0 Å². The standard InChI is InChI=1S/C35H36O2S2/c1-5-8-30-32(22(3)34(38-30)26-16-12-24(20-36)13-17-26)28-10-7-11-29(28)33-23(4)35(39-31(33)9-6-2)27-18-14-25(21-37)15-19-27/h12-21H,5-11H2,1-4H3. The van der Waals surface area contributed by atoms with Gasteiger partial charge in [-0.25, -0.2) is 0 Å². The van der Waals surface area contributed by atoms with E-state index in [0.717, 1.165) is 62.2 Å². The van der Waals surface area contributed by atoms with E-state index in [1.807, 2.05) is 46.9 Å². The molecule has 1 aliphatic carbocycles. The smallest absolute Gasteiger partial charge is 0.150 e. The molecule has 2 heterocycles. The number of carbonyl (C=O) groups excluding carboxylic acids is 2. The van der Waals surface area contributed by atoms with Crippen LogP contribution in [0.25, 0.3) is 32.0 Å². The molecule has 0 atom stereocenters. The Kier molecular flexibility index (Phi) is 8.44. The average molecular weight is 553 g/mol. The Bertz CT molecular complexity index is 1410. The fraction of sp³-hybridized carbons (Fsp3) is 0.314. The topological polar surface area (TPSA) is 34.1 Å². The van der Waals surface area contributed by atoms with E-state index in [-0.39, 0.29) is 0 Å². The van der Waals surface area contributed by atoms with Gasteiger partial charge in [0.05, 0.1) is 0 Å². The van der Waals surface area contributed by atoms with Gasteiger partial charge in [-0.15, -0.1) is 22.7 Å². The Morgan fingerprint density at radius 2 is 1.03 bits per heavy atom. The molecule has 4 heteroatoms. The molecule has 0 aliphatic heterocycles. The third kappa shape index (κ3) is 5.25. The van der Waals surface area contributed by atoms with Crippen LogP contribution in [-0.4, -0.2) is 12.6 Å². The van der Waals surface area contributed by atoms with Crippen LogP contribution in [0.4, 0.5) is 0 Å². The number of hydrogen-bond acceptors (Lipinski definition) is 4. The molecule has 0 fully saturated rings. The van der Waals surface area contributed by atoms with Crippen molar-refractivity contribution in [3.05, 3.63) is 91.7 Å². The number of aryl methyl sites for hydroxylation is 2. The van der Waals surface area contributed by atoms with Crippen molar-refractivity contribution in [1.82, 2.24) is 0 Å². The second-order valence-electron chi connectivity index (χ2n) is 10.5. The Hall–Kier alpha value is -3.08. The first-order valence-electron chi connectivity index (χ1n) is 14.1. The van der Waals surface area contributed by atoms with Gasteiger partial charge in [-0.05, 0) is 90.5 Å². The minimum absolute atomic E-state index is 0.718. The van der Waals surface area contributed by atoms with Gasteiger partial charge in [0.1, 0.15) is 12.6 Å². The molecule has 0 saturated carbocycles. The summed E-state index contributed by atoms with van der Waals surface area (Å²) in [5.41, 5.74) is 12.7. The Morgan fingerprint density at radius 1 is 0.641 bits per heavy atom. The molecule has 0 saturated heterocycles. The van der Waals surface area contributed by atoms with Crippen LogP contribution in [0.3, 0.4) is 0 Å². The van der Waals surface area contributed by atoms with E-state index >= 15 is 0 Å². The van der Waals surface area contributed by atoms with Crippen molar-refractivity contribution in [1.29, 1.82) is 0 Å². The van der Waals surface area contributed by atoms with Crippen LogP contribution < -0.4 is 0 Å². The van der Waals surface area contributed by atoms with Gasteiger partial charge in [0.25, 0.3) is 0 Å². The third-order valence-electron chi connectivity index (χ3n) is 7.83. The maximum atomic E-state index is 11.2. The van der Waals surface area contributed by atoms with Gasteiger partial charge in [-0.1, -0.05) is 75.2 Å². The third-order valence-corrected chi connectivity index (χ3v) is 10.6. The maximum absolute atomic E-state index is 11.2. The molecule has 0 amide bonds. The number of carbonyl (C=O) groups is 2. The molecule has 2 aromatic heterocycles. The molecule has 0 bridgehead atoms. The predicted molar refractivity (Wildman–Crippen MR) is 168 cm³/mol. The van der Waals surface area contributed by atoms with E-state index in [4.69, 9.17) is 0 Å². The quantitative estimate of drug-likeness (QED) is 0.183. The minimum Gasteiger partial charge on any atom is -0.298 e. The van der Waals surface area contributed by atoms with Crippen molar-refractivity contribution >= 4 is 46.4 Å². The highest BCUT2D eigenvalue weighted by Crippen LogP contribution is 2.51. The largest absolute Gasteiger partial charge is 0.298 e. The summed E-state index contributed by atoms with van der Waals surface area (Å²) >= 11 is 3.87. The predicted octanol–water partition coefficient (Wildman–Crippen LogP) is 10.4. The van der Waals surface area contributed by atoms with Gasteiger partial charge in [0.2, 0.25) is 0 Å². The van der Waals surface area contributed by atoms with E-state index < -0.39 is 0 Å². The summed E-state index contributed by atoms with van der Waals surface area (Å²) in [7, 11) is 0. The second-order valence-corrected chi connectivity index (χ2v) is 12.7. The van der Waals surface area contributed by atoms with Gasteiger partial charge >= 0.3 is 0 Å². The lowest BCUT2D eigenvalue weighted by Crippen LogP contribution is -1.95. The number of benzene rings is 2. The van der Waals surface area contributed by atoms with E-state index in [1.54, 1.807) is 11.1 Å². The summed E-state index contributed by atoms with van der Waals surface area (Å²) in [5.74, 6) is 0. The lowest BCUT2D eigenvalue weighted by atomic mass is 9.90. The van der Waals surface area contributed by atoms with E-state index in [9.17, 15) is 9.59 Å². The van der Waals surface area contributed by atoms with Crippen LogP contribution in [0.1, 0.15) is 98.7 Å². The van der Waals surface area contributed by atoms with Crippen LogP contribution in [0.5, 0.6) is 0 Å². The average Bonchev–Trinajstić information content (AvgIpc) is 3.64. The van der Waals surface area contributed by atoms with Crippen molar-refractivity contribution in [2.45, 2.75) is 72.6 Å². The lowest BCUT2D eigenvalue weighted by molar-refractivity contribution is 0.111. The molecule has 2 aromatic carbocycles. The van der Waals surface area contributed by atoms with E-state index in [0.29, 0.717) is 0 Å². The molecule has 200 valence electrons. The molecular formula is C35H36O2S2. The summed E-state index contributed by atoms with van der Waals surface area (Å²) in [4.78, 5) is 28.1. The molecule has 5 rings (SSSR count). The van der Waals surface area contributed by atoms with Gasteiger partial charge in [0, 0.05) is 30.6 Å². The Labute approximate surface area is 240 Å². The number of aldehydes is 2. The van der Waals surface area contributed by atoms with E-state index in [1.165, 1.54) is 59.3 Å². The highest BCUT2D eigenvalue weighted by Gasteiger charge is 2.28. The van der Waals surface area contributed by atoms with Gasteiger partial charge in [0.15, 0.2) is 0 Å². The summed E-state index contributed by atoms with van der Waals surface area (Å²) in [6.45, 7) is 9.13. The molecule has 2 nitrogen and oxygen atoms in total. The Balaban J connectivity index is 1.67. The van der Waals surface area contributed by atoms with Crippen LogP contribution >= 0.6 is 22.7 Å². The zero-order chi connectivity index (χ0) is 27.5. The first kappa shape index (κ1) is 27.5. The van der Waals surface area contributed by atoms with Gasteiger partial charge in [-0.3, -0.25) is 9.59 Å². The number of rotatable bonds is 10. The molecule has 1 aliphatic rings. The van der Waals surface area contributed by atoms with Crippen LogP contribution in [0, 0.1) is 13.8 Å². The highest BCUT2D eigenvalue weighted by molar-refractivity contribution is 7.16. The fourth-order valence-electron chi connectivity index (χ4n) is 6.01. The molecule has 0 spiro atoms. The van der Waals surface area contributed by atoms with Crippen molar-refractivity contribution in [2.75, 3.05) is 0 Å². The number of thiophene rings is 2. The van der Waals surface area contributed by atoms with E-state index in [2.05, 4.69) is 52.0 Å². The van der Waals surface area contributed by atoms with Gasteiger partial charge in [-0.2, -0.15) is 0 Å². The molecule has 0 N–H and O–H groups in total. The molecular weight excluding hydrogens is 517 g/mol. The molecule has 4 aromatic rings. The second kappa shape index (κ2) is 12.0. The first-order valence-corrected chi connectivity index (χ1v) is 15.7. The highest BCUT2D eigenvalue weighted by atomic mass is 32.1. The van der Waals surface area contributed by atoms with Crippen molar-refractivity contribution in [3.8, 4) is 20.9 Å². The normalized spacial score (nSPS) is 13.3. The SMILES string of the molecule is CCCc1sc(-c2ccc(C=O)cc2)c(C)c1C1=C(c2c(CCC)sc(-c3ccc(C=O)cc3)c2C)CCC1. The number of hydrogen-bond donors (Lipinski definition) is 0. The molecule has 39 heavy (non-hydrogen) atoms. The number of allylic oxidation sites excluding steroid dienone is 2. The summed E-state index contributed by atoms with van der Waals surface area (Å²) in [5, 5.41) is 0. The van der Waals surface area contributed by atoms with Crippen LogP contribution in [-0.2, 0) is 12.8 Å². The van der Waals surface area contributed by atoms with Crippen molar-refractivity contribution in [2.24, 2.45) is 0 Å². The van der Waals surface area contributed by atoms with Gasteiger partial charge < -0.3 is 0 Å². The Morgan fingerprint density at radius 3 is 1.36 bits per heavy atom. The van der Waals surface area contributed by atoms with Crippen LogP contribution in [0.2, 0.25) is 0 Å². The van der Waals surface area contributed by atoms with Crippen molar-refractivity contribution < 1.29 is 9.59 Å². The summed E-state index contributed by atoms with van der Waals surface area (Å²) in [6, 6.07) is 16.1. The zero-order valence-corrected chi connectivity index (χ0v) is 25.0. The monoisotopic (exact) mass is 552 g/mol. The maximum Gasteiger partial charge on any atom is 0.150 e. The molecule has 0 radical (unpaired) electrons. The summed E-state index contributed by atoms with van der Waals surface area (Å²) < 4.78 is 0. The fourth-order valence-corrected chi connectivity index (χ4v) is 8.89. The minimum atomic E-state index is 0.718. The zero-order valence-electron chi connectivity index (χ0n) is 23.4. The molecule has 0 unspecified atom stereocenters. The first-order chi connectivity index (χ1) is 19.0. The summed E-state index contributed by atoms with van der Waals surface area (Å²) in [6.07, 6.45) is 9.68. The van der Waals surface area contributed by atoms with Crippen LogP contribution in [0.15, 0.2) is 48.5 Å². The lowest BCUT2D eigenvalue weighted by Gasteiger charge is -2.13.